The van der Waals surface area contributed by atoms with Gasteiger partial charge in [0.2, 0.25) is 0 Å². The van der Waals surface area contributed by atoms with Gasteiger partial charge in [0, 0.05) is 6.42 Å². The molecule has 0 amide bonds. The van der Waals surface area contributed by atoms with Crippen molar-refractivity contribution >= 4 is 5.78 Å². The van der Waals surface area contributed by atoms with Gasteiger partial charge in [0.1, 0.15) is 0 Å². The Morgan fingerprint density at radius 3 is 2.71 bits per heavy atom. The second-order valence-corrected chi connectivity index (χ2v) is 4.54. The van der Waals surface area contributed by atoms with Crippen LogP contribution in [0.2, 0.25) is 0 Å². The summed E-state index contributed by atoms with van der Waals surface area (Å²) < 4.78 is 25.6. The number of benzene rings is 1. The van der Waals surface area contributed by atoms with Crippen LogP contribution in [0.4, 0.5) is 8.78 Å². The molecule has 1 fully saturated rings. The van der Waals surface area contributed by atoms with Crippen molar-refractivity contribution in [3.63, 3.8) is 0 Å². The molecule has 2 nitrogen and oxygen atoms in total. The van der Waals surface area contributed by atoms with Crippen molar-refractivity contribution in [2.45, 2.75) is 19.3 Å². The van der Waals surface area contributed by atoms with Gasteiger partial charge in [0.05, 0.1) is 6.54 Å². The Bertz CT molecular complexity index is 416. The summed E-state index contributed by atoms with van der Waals surface area (Å²) in [6, 6.07) is 3.57. The van der Waals surface area contributed by atoms with Crippen LogP contribution in [-0.4, -0.2) is 18.9 Å². The van der Waals surface area contributed by atoms with Gasteiger partial charge >= 0.3 is 0 Å². The zero-order valence-electron chi connectivity index (χ0n) is 9.51. The average Bonchev–Trinajstić information content (AvgIpc) is 3.07. The summed E-state index contributed by atoms with van der Waals surface area (Å²) in [6.45, 7) is 1.18. The maximum atomic E-state index is 12.9. The number of hydrogen-bond donors (Lipinski definition) is 1. The molecule has 1 aromatic rings. The maximum absolute atomic E-state index is 12.9. The van der Waals surface area contributed by atoms with Gasteiger partial charge in [-0.05, 0) is 43.0 Å². The lowest BCUT2D eigenvalue weighted by Crippen LogP contribution is -2.26. The lowest BCUT2D eigenvalue weighted by molar-refractivity contribution is -0.117. The molecule has 0 aromatic heterocycles. The summed E-state index contributed by atoms with van der Waals surface area (Å²) in [7, 11) is 0. The first-order chi connectivity index (χ1) is 8.15. The van der Waals surface area contributed by atoms with E-state index in [1.807, 2.05) is 0 Å². The van der Waals surface area contributed by atoms with Crippen molar-refractivity contribution < 1.29 is 13.6 Å². The predicted molar refractivity (Wildman–Crippen MR) is 60.7 cm³/mol. The van der Waals surface area contributed by atoms with Crippen LogP contribution in [0.15, 0.2) is 18.2 Å². The van der Waals surface area contributed by atoms with E-state index in [1.165, 1.54) is 18.9 Å². The number of ketones is 1. The molecule has 4 heteroatoms. The largest absolute Gasteiger partial charge is 0.310 e. The number of rotatable bonds is 6. The number of carbonyl (C=O) groups excluding carboxylic acids is 1. The van der Waals surface area contributed by atoms with Crippen molar-refractivity contribution in [1.82, 2.24) is 5.32 Å². The molecule has 17 heavy (non-hydrogen) atoms. The lowest BCUT2D eigenvalue weighted by Gasteiger charge is -2.04. The van der Waals surface area contributed by atoms with Crippen molar-refractivity contribution in [2.75, 3.05) is 13.1 Å². The molecule has 0 atom stereocenters. The second-order valence-electron chi connectivity index (χ2n) is 4.54. The minimum absolute atomic E-state index is 0.00309. The van der Waals surface area contributed by atoms with Crippen LogP contribution in [-0.2, 0) is 11.2 Å². The molecule has 0 saturated heterocycles. The highest BCUT2D eigenvalue weighted by Gasteiger charge is 2.20. The fraction of sp³-hybridized carbons (Fsp3) is 0.462. The van der Waals surface area contributed by atoms with Crippen molar-refractivity contribution in [2.24, 2.45) is 5.92 Å². The topological polar surface area (TPSA) is 29.1 Å². The standard InChI is InChI=1S/C13H15F2NO/c14-12-4-3-10(6-13(12)15)5-11(17)8-16-7-9-1-2-9/h3-4,6,9,16H,1-2,5,7-8H2. The van der Waals surface area contributed by atoms with Crippen LogP contribution in [0.1, 0.15) is 18.4 Å². The SMILES string of the molecule is O=C(CNCC1CC1)Cc1ccc(F)c(F)c1. The van der Waals surface area contributed by atoms with Crippen LogP contribution in [0.3, 0.4) is 0 Å². The van der Waals surface area contributed by atoms with Crippen LogP contribution in [0.5, 0.6) is 0 Å². The summed E-state index contributed by atoms with van der Waals surface area (Å²) >= 11 is 0. The molecule has 1 aromatic carbocycles. The number of Topliss-reactive ketones (excluding diaryl/α,β-unsaturated/α-hetero) is 1. The van der Waals surface area contributed by atoms with Crippen LogP contribution in [0, 0.1) is 17.6 Å². The summed E-state index contributed by atoms with van der Waals surface area (Å²) in [6.07, 6.45) is 2.63. The van der Waals surface area contributed by atoms with Crippen molar-refractivity contribution in [1.29, 1.82) is 0 Å². The molecule has 1 aliphatic rings. The van der Waals surface area contributed by atoms with Crippen molar-refractivity contribution in [3.05, 3.63) is 35.4 Å². The molecule has 2 rings (SSSR count). The van der Waals surface area contributed by atoms with Crippen LogP contribution in [0.25, 0.3) is 0 Å². The molecule has 1 aliphatic carbocycles. The van der Waals surface area contributed by atoms with Crippen LogP contribution >= 0.6 is 0 Å². The van der Waals surface area contributed by atoms with E-state index in [0.29, 0.717) is 12.1 Å². The highest BCUT2D eigenvalue weighted by Crippen LogP contribution is 2.27. The molecule has 0 bridgehead atoms. The number of nitrogens with one attached hydrogen (secondary N) is 1. The molecule has 1 saturated carbocycles. The first kappa shape index (κ1) is 12.2. The zero-order chi connectivity index (χ0) is 12.3. The molecule has 0 spiro atoms. The fourth-order valence-electron chi connectivity index (χ4n) is 1.68. The van der Waals surface area contributed by atoms with E-state index >= 15 is 0 Å². The van der Waals surface area contributed by atoms with Gasteiger partial charge in [-0.15, -0.1) is 0 Å². The van der Waals surface area contributed by atoms with E-state index in [4.69, 9.17) is 0 Å². The van der Waals surface area contributed by atoms with E-state index in [2.05, 4.69) is 5.32 Å². The van der Waals surface area contributed by atoms with E-state index in [9.17, 15) is 13.6 Å². The van der Waals surface area contributed by atoms with Crippen molar-refractivity contribution in [3.8, 4) is 0 Å². The van der Waals surface area contributed by atoms with Gasteiger partial charge in [-0.1, -0.05) is 6.07 Å². The van der Waals surface area contributed by atoms with Crippen LogP contribution < -0.4 is 5.32 Å². The highest BCUT2D eigenvalue weighted by atomic mass is 19.2. The summed E-state index contributed by atoms with van der Waals surface area (Å²) in [5, 5.41) is 3.08. The molecule has 0 radical (unpaired) electrons. The zero-order valence-corrected chi connectivity index (χ0v) is 9.51. The Labute approximate surface area is 99.0 Å². The van der Waals surface area contributed by atoms with Gasteiger partial charge in [-0.2, -0.15) is 0 Å². The Kier molecular flexibility index (Phi) is 3.84. The number of halogens is 2. The summed E-state index contributed by atoms with van der Waals surface area (Å²) in [4.78, 5) is 11.5. The van der Waals surface area contributed by atoms with Gasteiger partial charge < -0.3 is 5.32 Å². The Balaban J connectivity index is 1.77. The monoisotopic (exact) mass is 239 g/mol. The van der Waals surface area contributed by atoms with E-state index in [1.54, 1.807) is 0 Å². The maximum Gasteiger partial charge on any atom is 0.159 e. The molecule has 0 aliphatic heterocycles. The molecule has 0 unspecified atom stereocenters. The molecular formula is C13H15F2NO. The first-order valence-corrected chi connectivity index (χ1v) is 5.81. The van der Waals surface area contributed by atoms with Gasteiger partial charge in [-0.25, -0.2) is 8.78 Å². The predicted octanol–water partition coefficient (Wildman–Crippen LogP) is 2.08. The third-order valence-corrected chi connectivity index (χ3v) is 2.84. The van der Waals surface area contributed by atoms with Gasteiger partial charge in [-0.3, -0.25) is 4.79 Å². The third-order valence-electron chi connectivity index (χ3n) is 2.84. The normalized spacial score (nSPS) is 14.9. The molecule has 1 N–H and O–H groups in total. The smallest absolute Gasteiger partial charge is 0.159 e. The quantitative estimate of drug-likeness (QED) is 0.823. The average molecular weight is 239 g/mol. The van der Waals surface area contributed by atoms with Gasteiger partial charge in [0.25, 0.3) is 0 Å². The fourth-order valence-corrected chi connectivity index (χ4v) is 1.68. The van der Waals surface area contributed by atoms with Gasteiger partial charge in [0.15, 0.2) is 17.4 Å². The van der Waals surface area contributed by atoms with E-state index in [-0.39, 0.29) is 12.2 Å². The Hall–Kier alpha value is -1.29. The minimum Gasteiger partial charge on any atom is -0.310 e. The number of hydrogen-bond acceptors (Lipinski definition) is 2. The summed E-state index contributed by atoms with van der Waals surface area (Å²) in [5.41, 5.74) is 0.516. The second kappa shape index (κ2) is 5.36. The first-order valence-electron chi connectivity index (χ1n) is 5.81. The minimum atomic E-state index is -0.902. The number of carbonyl (C=O) groups is 1. The lowest BCUT2D eigenvalue weighted by atomic mass is 10.1. The molecule has 92 valence electrons. The summed E-state index contributed by atoms with van der Waals surface area (Å²) in [5.74, 6) is -1.06. The van der Waals surface area contributed by atoms with E-state index < -0.39 is 11.6 Å². The Morgan fingerprint density at radius 2 is 2.06 bits per heavy atom. The molecular weight excluding hydrogens is 224 g/mol. The Morgan fingerprint density at radius 1 is 1.29 bits per heavy atom. The molecule has 0 heterocycles. The van der Waals surface area contributed by atoms with E-state index in [0.717, 1.165) is 24.6 Å². The highest BCUT2D eigenvalue weighted by molar-refractivity contribution is 5.82. The third kappa shape index (κ3) is 3.89.